The van der Waals surface area contributed by atoms with Gasteiger partial charge in [0.1, 0.15) is 11.6 Å². The number of hydrogen-bond donors (Lipinski definition) is 0. The molecule has 1 atom stereocenters. The number of alkyl halides is 1. The highest BCUT2D eigenvalue weighted by Crippen LogP contribution is 2.35. The minimum absolute atomic E-state index is 0.302. The first-order valence-electron chi connectivity index (χ1n) is 4.82. The number of hydrogen-bond acceptors (Lipinski definition) is 1. The molecule has 0 spiro atoms. The maximum Gasteiger partial charge on any atom is 0.131 e. The summed E-state index contributed by atoms with van der Waals surface area (Å²) < 4.78 is 27.7. The Balaban J connectivity index is 2.43. The summed E-state index contributed by atoms with van der Waals surface area (Å²) in [7, 11) is 0. The normalized spacial score (nSPS) is 12.8. The lowest BCUT2D eigenvalue weighted by Crippen LogP contribution is -1.98. The van der Waals surface area contributed by atoms with Gasteiger partial charge in [-0.1, -0.05) is 0 Å². The Hall–Kier alpha value is -0.450. The van der Waals surface area contributed by atoms with Crippen molar-refractivity contribution in [3.05, 3.63) is 55.7 Å². The molecule has 0 saturated carbocycles. The average Bonchev–Trinajstić information content (AvgIpc) is 2.69. The summed E-state index contributed by atoms with van der Waals surface area (Å²) in [5.41, 5.74) is 1.49. The van der Waals surface area contributed by atoms with Crippen LogP contribution in [0.4, 0.5) is 8.78 Å². The molecule has 1 unspecified atom stereocenters. The summed E-state index contributed by atoms with van der Waals surface area (Å²) in [6.45, 7) is 1.59. The third-order valence-electron chi connectivity index (χ3n) is 2.43. The van der Waals surface area contributed by atoms with Gasteiger partial charge in [-0.05, 0) is 51.5 Å². The van der Waals surface area contributed by atoms with Crippen molar-refractivity contribution in [2.75, 3.05) is 0 Å². The van der Waals surface area contributed by atoms with Crippen LogP contribution in [0.1, 0.15) is 22.1 Å². The van der Waals surface area contributed by atoms with Crippen LogP contribution < -0.4 is 0 Å². The molecule has 0 amide bonds. The topological polar surface area (TPSA) is 0 Å². The fourth-order valence-electron chi connectivity index (χ4n) is 1.51. The second-order valence-electron chi connectivity index (χ2n) is 3.67. The first-order chi connectivity index (χ1) is 7.99. The maximum atomic E-state index is 13.6. The molecule has 0 N–H and O–H groups in total. The molecule has 0 nitrogen and oxygen atoms in total. The zero-order valence-corrected chi connectivity index (χ0v) is 12.0. The Labute approximate surface area is 115 Å². The van der Waals surface area contributed by atoms with Crippen LogP contribution in [-0.4, -0.2) is 0 Å². The quantitative estimate of drug-likeness (QED) is 0.641. The van der Waals surface area contributed by atoms with Gasteiger partial charge in [0.25, 0.3) is 0 Å². The molecule has 0 saturated heterocycles. The smallest absolute Gasteiger partial charge is 0.131 e. The fraction of sp³-hybridized carbons (Fsp3) is 0.167. The van der Waals surface area contributed by atoms with Crippen molar-refractivity contribution >= 4 is 38.9 Å². The maximum absolute atomic E-state index is 13.6. The predicted molar refractivity (Wildman–Crippen MR) is 70.8 cm³/mol. The van der Waals surface area contributed by atoms with Crippen molar-refractivity contribution in [1.29, 1.82) is 0 Å². The summed E-state index contributed by atoms with van der Waals surface area (Å²) >= 11 is 11.0. The van der Waals surface area contributed by atoms with Gasteiger partial charge in [0, 0.05) is 11.6 Å². The van der Waals surface area contributed by atoms with Crippen LogP contribution in [-0.2, 0) is 0 Å². The van der Waals surface area contributed by atoms with Crippen molar-refractivity contribution in [3.63, 3.8) is 0 Å². The standard InChI is InChI=1S/C12H8BrClF2S/c1-6-2-8(10(16)4-9(6)15)12(14)7-3-11(13)17-5-7/h2-5,12H,1H3. The largest absolute Gasteiger partial charge is 0.207 e. The molecule has 2 rings (SSSR count). The molecule has 1 aromatic heterocycles. The summed E-state index contributed by atoms with van der Waals surface area (Å²) in [6, 6.07) is 4.16. The molecule has 0 aliphatic rings. The van der Waals surface area contributed by atoms with Crippen LogP contribution in [0.25, 0.3) is 0 Å². The van der Waals surface area contributed by atoms with E-state index in [1.807, 2.05) is 11.4 Å². The van der Waals surface area contributed by atoms with E-state index in [4.69, 9.17) is 11.6 Å². The molecule has 5 heteroatoms. The van der Waals surface area contributed by atoms with Crippen LogP contribution in [0, 0.1) is 18.6 Å². The monoisotopic (exact) mass is 336 g/mol. The molecule has 0 bridgehead atoms. The van der Waals surface area contributed by atoms with E-state index in [1.165, 1.54) is 17.4 Å². The highest BCUT2D eigenvalue weighted by atomic mass is 79.9. The number of benzene rings is 1. The molecule has 0 aliphatic heterocycles. The van der Waals surface area contributed by atoms with E-state index in [0.29, 0.717) is 11.1 Å². The van der Waals surface area contributed by atoms with E-state index in [-0.39, 0.29) is 0 Å². The lowest BCUT2D eigenvalue weighted by atomic mass is 10.0. The van der Waals surface area contributed by atoms with E-state index in [9.17, 15) is 8.78 Å². The molecular weight excluding hydrogens is 330 g/mol. The van der Waals surface area contributed by atoms with Gasteiger partial charge in [-0.3, -0.25) is 0 Å². The minimum atomic E-state index is -0.615. The van der Waals surface area contributed by atoms with Crippen LogP contribution in [0.5, 0.6) is 0 Å². The number of rotatable bonds is 2. The summed E-state index contributed by atoms with van der Waals surface area (Å²) in [5.74, 6) is -1.17. The lowest BCUT2D eigenvalue weighted by Gasteiger charge is -2.10. The molecule has 90 valence electrons. The Bertz CT molecular complexity index is 553. The second-order valence-corrected chi connectivity index (χ2v) is 6.40. The van der Waals surface area contributed by atoms with Crippen molar-refractivity contribution in [2.45, 2.75) is 12.3 Å². The molecule has 1 aromatic carbocycles. The van der Waals surface area contributed by atoms with Crippen molar-refractivity contribution in [2.24, 2.45) is 0 Å². The van der Waals surface area contributed by atoms with E-state index >= 15 is 0 Å². The van der Waals surface area contributed by atoms with Gasteiger partial charge >= 0.3 is 0 Å². The summed E-state index contributed by atoms with van der Waals surface area (Å²) in [6.07, 6.45) is 0. The third kappa shape index (κ3) is 2.69. The highest BCUT2D eigenvalue weighted by Gasteiger charge is 2.18. The minimum Gasteiger partial charge on any atom is -0.207 e. The molecule has 17 heavy (non-hydrogen) atoms. The van der Waals surface area contributed by atoms with E-state index < -0.39 is 17.0 Å². The van der Waals surface area contributed by atoms with Gasteiger partial charge in [0.2, 0.25) is 0 Å². The average molecular weight is 338 g/mol. The zero-order valence-electron chi connectivity index (χ0n) is 8.81. The molecule has 1 heterocycles. The molecule has 0 radical (unpaired) electrons. The van der Waals surface area contributed by atoms with Gasteiger partial charge < -0.3 is 0 Å². The fourth-order valence-corrected chi connectivity index (χ4v) is 3.08. The predicted octanol–water partition coefficient (Wildman–Crippen LogP) is 5.43. The zero-order chi connectivity index (χ0) is 12.6. The van der Waals surface area contributed by atoms with Gasteiger partial charge in [-0.25, -0.2) is 8.78 Å². The number of thiophene rings is 1. The summed E-state index contributed by atoms with van der Waals surface area (Å²) in [5, 5.41) is 1.25. The van der Waals surface area contributed by atoms with Crippen molar-refractivity contribution in [3.8, 4) is 0 Å². The third-order valence-corrected chi connectivity index (χ3v) is 4.44. The first-order valence-corrected chi connectivity index (χ1v) is 6.93. The Kier molecular flexibility index (Phi) is 3.85. The lowest BCUT2D eigenvalue weighted by molar-refractivity contribution is 0.568. The van der Waals surface area contributed by atoms with Gasteiger partial charge in [-0.15, -0.1) is 22.9 Å². The van der Waals surface area contributed by atoms with Crippen LogP contribution in [0.15, 0.2) is 27.4 Å². The van der Waals surface area contributed by atoms with Crippen molar-refractivity contribution in [1.82, 2.24) is 0 Å². The number of halogens is 4. The highest BCUT2D eigenvalue weighted by molar-refractivity contribution is 9.11. The summed E-state index contributed by atoms with van der Waals surface area (Å²) in [4.78, 5) is 0. The first kappa shape index (κ1) is 13.0. The Morgan fingerprint density at radius 2 is 1.94 bits per heavy atom. The van der Waals surface area contributed by atoms with Crippen LogP contribution in [0.3, 0.4) is 0 Å². The van der Waals surface area contributed by atoms with Crippen molar-refractivity contribution < 1.29 is 8.78 Å². The second kappa shape index (κ2) is 5.04. The number of aryl methyl sites for hydroxylation is 1. The van der Waals surface area contributed by atoms with Gasteiger partial charge in [0.15, 0.2) is 0 Å². The van der Waals surface area contributed by atoms with Gasteiger partial charge in [0.05, 0.1) is 9.16 Å². The Morgan fingerprint density at radius 1 is 1.24 bits per heavy atom. The van der Waals surface area contributed by atoms with Gasteiger partial charge in [-0.2, -0.15) is 0 Å². The molecule has 0 aliphatic carbocycles. The van der Waals surface area contributed by atoms with Crippen LogP contribution >= 0.6 is 38.9 Å². The molecule has 2 aromatic rings. The SMILES string of the molecule is Cc1cc(C(Cl)c2csc(Br)c2)c(F)cc1F. The van der Waals surface area contributed by atoms with E-state index in [1.54, 1.807) is 6.92 Å². The molecular formula is C12H8BrClF2S. The molecule has 0 fully saturated rings. The van der Waals surface area contributed by atoms with E-state index in [2.05, 4.69) is 15.9 Å². The van der Waals surface area contributed by atoms with Crippen LogP contribution in [0.2, 0.25) is 0 Å². The Morgan fingerprint density at radius 3 is 2.53 bits per heavy atom. The van der Waals surface area contributed by atoms with E-state index in [0.717, 1.165) is 15.4 Å².